The minimum absolute atomic E-state index is 0.0237. The zero-order valence-electron chi connectivity index (χ0n) is 28.2. The van der Waals surface area contributed by atoms with Gasteiger partial charge in [0, 0.05) is 74.5 Å². The number of amides is 1. The molecule has 0 aliphatic carbocycles. The van der Waals surface area contributed by atoms with Crippen molar-refractivity contribution in [2.75, 3.05) is 50.8 Å². The predicted octanol–water partition coefficient (Wildman–Crippen LogP) is 5.47. The number of imidazole rings is 1. The van der Waals surface area contributed by atoms with E-state index in [9.17, 15) is 22.8 Å². The molecular weight excluding hydrogens is 675 g/mol. The number of methoxy groups -OCH3 is 1. The van der Waals surface area contributed by atoms with Gasteiger partial charge in [0.2, 0.25) is 0 Å². The van der Waals surface area contributed by atoms with Gasteiger partial charge in [0.15, 0.2) is 0 Å². The van der Waals surface area contributed by atoms with Crippen LogP contribution in [0.4, 0.5) is 33.3 Å². The first-order chi connectivity index (χ1) is 24.2. The Morgan fingerprint density at radius 3 is 2.51 bits per heavy atom. The van der Waals surface area contributed by atoms with Gasteiger partial charge in [-0.3, -0.25) is 9.59 Å². The first kappa shape index (κ1) is 35.4. The van der Waals surface area contributed by atoms with Crippen molar-refractivity contribution in [3.63, 3.8) is 0 Å². The molecule has 1 N–H and O–H groups in total. The van der Waals surface area contributed by atoms with Gasteiger partial charge in [0.25, 0.3) is 11.5 Å². The lowest BCUT2D eigenvalue weighted by Gasteiger charge is -2.38. The highest BCUT2D eigenvalue weighted by Crippen LogP contribution is 2.33. The van der Waals surface area contributed by atoms with Gasteiger partial charge in [0.05, 0.1) is 37.4 Å². The van der Waals surface area contributed by atoms with Gasteiger partial charge in [0.1, 0.15) is 34.6 Å². The maximum atomic E-state index is 15.4. The van der Waals surface area contributed by atoms with Gasteiger partial charge < -0.3 is 33.6 Å². The van der Waals surface area contributed by atoms with Crippen molar-refractivity contribution in [1.29, 1.82) is 0 Å². The van der Waals surface area contributed by atoms with E-state index in [2.05, 4.69) is 16.9 Å². The molecule has 6 rings (SSSR count). The number of carbonyl (C=O) groups is 1. The molecule has 3 aromatic heterocycles. The summed E-state index contributed by atoms with van der Waals surface area (Å²) in [6.45, 7) is 2.83. The first-order valence-corrected chi connectivity index (χ1v) is 15.9. The van der Waals surface area contributed by atoms with Crippen LogP contribution in [-0.4, -0.2) is 79.1 Å². The Morgan fingerprint density at radius 1 is 1.12 bits per heavy atom. The van der Waals surface area contributed by atoms with Gasteiger partial charge in [-0.2, -0.15) is 13.2 Å². The second kappa shape index (κ2) is 13.7. The Labute approximate surface area is 289 Å². The lowest BCUT2D eigenvalue weighted by atomic mass is 10.0. The molecule has 51 heavy (non-hydrogen) atoms. The van der Waals surface area contributed by atoms with E-state index in [1.54, 1.807) is 40.5 Å². The van der Waals surface area contributed by atoms with E-state index < -0.39 is 48.0 Å². The quantitative estimate of drug-likeness (QED) is 0.160. The Hall–Kier alpha value is -5.44. The van der Waals surface area contributed by atoms with Crippen LogP contribution in [0.25, 0.3) is 27.7 Å². The zero-order chi connectivity index (χ0) is 36.8. The summed E-state index contributed by atoms with van der Waals surface area (Å²) in [6.07, 6.45) is -1.45. The molecule has 10 nitrogen and oxygen atoms in total. The number of halogens is 5. The number of aryl methyl sites for hydroxylation is 1. The van der Waals surface area contributed by atoms with E-state index in [-0.39, 0.29) is 36.6 Å². The maximum absolute atomic E-state index is 15.4. The molecule has 1 saturated heterocycles. The van der Waals surface area contributed by atoms with E-state index in [1.807, 2.05) is 43.3 Å². The molecule has 5 aromatic rings. The lowest BCUT2D eigenvalue weighted by Crippen LogP contribution is -2.53. The Bertz CT molecular complexity index is 2190. The molecule has 4 heterocycles. The highest BCUT2D eigenvalue weighted by Gasteiger charge is 2.46. The number of alkyl halides is 3. The molecule has 268 valence electrons. The number of nitrogens with zero attached hydrogens (tertiary/aromatic N) is 5. The molecule has 1 amide bonds. The van der Waals surface area contributed by atoms with Crippen molar-refractivity contribution < 1.29 is 36.2 Å². The number of anilines is 2. The monoisotopic (exact) mass is 710 g/mol. The minimum atomic E-state index is -4.71. The van der Waals surface area contributed by atoms with Crippen LogP contribution >= 0.6 is 0 Å². The van der Waals surface area contributed by atoms with Crippen molar-refractivity contribution in [1.82, 2.24) is 19.3 Å². The molecule has 0 radical (unpaired) electrons. The number of aromatic nitrogens is 3. The topological polar surface area (TPSA) is 93.3 Å². The standard InChI is InChI=1S/C36H35F5N6O4/c1-20(50-5)29(43-34(48)32-27(37)16-24(17-28(32)38)46-12-13-51-19-31(46)36(39,40)41)18-23-6-8-25(33-42-10-11-47(23)33)26-15-21-14-22(44(2)3)7-9-30(21)45(4)35(26)49/h6-11,14-17,29,31H,1,12-13,18-19H2,2-5H3,(H,43,48)/t29-,31+/m0/s1. The second-order valence-electron chi connectivity index (χ2n) is 12.4. The number of rotatable bonds is 9. The van der Waals surface area contributed by atoms with Crippen LogP contribution in [0.15, 0.2) is 78.1 Å². The van der Waals surface area contributed by atoms with E-state index in [1.165, 1.54) is 7.11 Å². The van der Waals surface area contributed by atoms with E-state index in [0.29, 0.717) is 34.6 Å². The summed E-state index contributed by atoms with van der Waals surface area (Å²) in [4.78, 5) is 34.2. The summed E-state index contributed by atoms with van der Waals surface area (Å²) in [5.41, 5.74) is 2.17. The van der Waals surface area contributed by atoms with E-state index >= 15 is 8.78 Å². The Balaban J connectivity index is 1.31. The van der Waals surface area contributed by atoms with Crippen LogP contribution in [0.1, 0.15) is 16.1 Å². The molecule has 1 aliphatic rings. The van der Waals surface area contributed by atoms with Crippen LogP contribution in [0.3, 0.4) is 0 Å². The van der Waals surface area contributed by atoms with Gasteiger partial charge in [-0.15, -0.1) is 0 Å². The van der Waals surface area contributed by atoms with Gasteiger partial charge >= 0.3 is 6.18 Å². The van der Waals surface area contributed by atoms with Crippen LogP contribution in [0.2, 0.25) is 0 Å². The molecule has 0 spiro atoms. The molecule has 1 fully saturated rings. The van der Waals surface area contributed by atoms with Gasteiger partial charge in [-0.1, -0.05) is 6.58 Å². The Morgan fingerprint density at radius 2 is 1.84 bits per heavy atom. The molecule has 1 aliphatic heterocycles. The number of pyridine rings is 2. The highest BCUT2D eigenvalue weighted by molar-refractivity contribution is 5.95. The fourth-order valence-electron chi connectivity index (χ4n) is 6.34. The van der Waals surface area contributed by atoms with Crippen molar-refractivity contribution in [3.8, 4) is 11.1 Å². The summed E-state index contributed by atoms with van der Waals surface area (Å²) in [6, 6.07) is 9.39. The fourth-order valence-corrected chi connectivity index (χ4v) is 6.34. The highest BCUT2D eigenvalue weighted by atomic mass is 19.4. The van der Waals surface area contributed by atoms with Crippen molar-refractivity contribution in [2.45, 2.75) is 24.7 Å². The molecule has 0 unspecified atom stereocenters. The number of ether oxygens (including phenoxy) is 2. The number of hydrogen-bond acceptors (Lipinski definition) is 7. The van der Waals surface area contributed by atoms with Crippen LogP contribution in [0.5, 0.6) is 0 Å². The van der Waals surface area contributed by atoms with Gasteiger partial charge in [-0.05, 0) is 48.5 Å². The number of morpholine rings is 1. The number of nitrogens with one attached hydrogen (secondary N) is 1. The van der Waals surface area contributed by atoms with E-state index in [4.69, 9.17) is 9.47 Å². The number of benzene rings is 2. The van der Waals surface area contributed by atoms with Crippen molar-refractivity contribution in [3.05, 3.63) is 107 Å². The molecular formula is C36H35F5N6O4. The third-order valence-electron chi connectivity index (χ3n) is 9.11. The van der Waals surface area contributed by atoms with Crippen LogP contribution in [-0.2, 0) is 22.9 Å². The summed E-state index contributed by atoms with van der Waals surface area (Å²) in [5.74, 6) is -3.77. The normalized spacial score (nSPS) is 15.6. The second-order valence-corrected chi connectivity index (χ2v) is 12.4. The summed E-state index contributed by atoms with van der Waals surface area (Å²) in [5, 5.41) is 3.40. The lowest BCUT2D eigenvalue weighted by molar-refractivity contribution is -0.167. The average molecular weight is 711 g/mol. The number of carbonyl (C=O) groups excluding carboxylic acids is 1. The molecule has 15 heteroatoms. The van der Waals surface area contributed by atoms with Crippen molar-refractivity contribution in [2.24, 2.45) is 7.05 Å². The third kappa shape index (κ3) is 6.72. The summed E-state index contributed by atoms with van der Waals surface area (Å²) in [7, 11) is 6.88. The Kier molecular flexibility index (Phi) is 9.51. The third-order valence-corrected chi connectivity index (χ3v) is 9.11. The van der Waals surface area contributed by atoms with E-state index in [0.717, 1.165) is 21.5 Å². The smallest absolute Gasteiger partial charge is 0.411 e. The largest absolute Gasteiger partial charge is 0.500 e. The fraction of sp³-hybridized carbons (Fsp3) is 0.306. The van der Waals surface area contributed by atoms with Crippen LogP contribution < -0.4 is 20.7 Å². The molecule has 2 atom stereocenters. The summed E-state index contributed by atoms with van der Waals surface area (Å²) < 4.78 is 85.1. The maximum Gasteiger partial charge on any atom is 0.411 e. The van der Waals surface area contributed by atoms with Crippen molar-refractivity contribution >= 4 is 33.8 Å². The summed E-state index contributed by atoms with van der Waals surface area (Å²) >= 11 is 0. The predicted molar refractivity (Wildman–Crippen MR) is 183 cm³/mol. The first-order valence-electron chi connectivity index (χ1n) is 15.9. The molecule has 0 bridgehead atoms. The minimum Gasteiger partial charge on any atom is -0.500 e. The zero-order valence-corrected chi connectivity index (χ0v) is 28.2. The number of fused-ring (bicyclic) bond motifs is 2. The number of hydrogen-bond donors (Lipinski definition) is 1. The SMILES string of the molecule is C=C(OC)[C@H](Cc1ccc(-c2cc3cc(N(C)C)ccc3n(C)c2=O)c2nccn12)NC(=O)c1c(F)cc(N2CCOC[C@@H]2C(F)(F)F)cc1F. The van der Waals surface area contributed by atoms with Gasteiger partial charge in [-0.25, -0.2) is 13.8 Å². The molecule has 0 saturated carbocycles. The van der Waals surface area contributed by atoms with Crippen LogP contribution in [0, 0.1) is 11.6 Å². The average Bonchev–Trinajstić information content (AvgIpc) is 3.59. The molecule has 2 aromatic carbocycles.